The van der Waals surface area contributed by atoms with E-state index in [1.807, 2.05) is 36.4 Å². The van der Waals surface area contributed by atoms with Crippen LogP contribution in [0, 0.1) is 26.6 Å². The van der Waals surface area contributed by atoms with Gasteiger partial charge in [0.15, 0.2) is 0 Å². The normalized spacial score (nSPS) is 11.2. The van der Waals surface area contributed by atoms with Crippen molar-refractivity contribution in [3.05, 3.63) is 53.0 Å². The lowest BCUT2D eigenvalue weighted by atomic mass is 10.1. The minimum absolute atomic E-state index is 0.244. The number of fused-ring (bicyclic) bond motifs is 1. The zero-order valence-electron chi connectivity index (χ0n) is 11.7. The van der Waals surface area contributed by atoms with E-state index in [1.54, 1.807) is 13.0 Å². The van der Waals surface area contributed by atoms with Crippen LogP contribution in [0.15, 0.2) is 30.3 Å². The number of rotatable bonds is 1. The quantitative estimate of drug-likeness (QED) is 0.732. The average molecular weight is 269 g/mol. The maximum absolute atomic E-state index is 13.7. The van der Waals surface area contributed by atoms with E-state index in [4.69, 9.17) is 5.73 Å². The number of nitrogens with zero attached hydrogens (tertiary/aromatic N) is 2. The second kappa shape index (κ2) is 4.34. The number of nitrogen functional groups attached to an aromatic ring is 1. The van der Waals surface area contributed by atoms with Crippen LogP contribution in [-0.4, -0.2) is 9.38 Å². The predicted octanol–water partition coefficient (Wildman–Crippen LogP) is 3.65. The third kappa shape index (κ3) is 1.84. The van der Waals surface area contributed by atoms with Gasteiger partial charge in [-0.25, -0.2) is 9.37 Å². The summed E-state index contributed by atoms with van der Waals surface area (Å²) in [6, 6.07) is 9.09. The van der Waals surface area contributed by atoms with Gasteiger partial charge >= 0.3 is 0 Å². The summed E-state index contributed by atoms with van der Waals surface area (Å²) < 4.78 is 15.6. The number of aromatic nitrogens is 2. The van der Waals surface area contributed by atoms with Crippen LogP contribution < -0.4 is 5.73 Å². The molecule has 0 bridgehead atoms. The molecule has 0 aliphatic heterocycles. The fraction of sp³-hybridized carbons (Fsp3) is 0.188. The molecule has 3 aromatic rings. The van der Waals surface area contributed by atoms with E-state index in [2.05, 4.69) is 4.98 Å². The lowest BCUT2D eigenvalue weighted by Gasteiger charge is -2.04. The number of benzene rings is 1. The second-order valence-corrected chi connectivity index (χ2v) is 5.18. The Morgan fingerprint density at radius 3 is 2.55 bits per heavy atom. The van der Waals surface area contributed by atoms with Crippen LogP contribution in [0.2, 0.25) is 0 Å². The Morgan fingerprint density at radius 2 is 1.85 bits per heavy atom. The van der Waals surface area contributed by atoms with E-state index >= 15 is 0 Å². The summed E-state index contributed by atoms with van der Waals surface area (Å²) in [7, 11) is 0. The number of halogens is 1. The molecule has 4 heteroatoms. The standard InChI is InChI=1S/C16H16FN3/c1-9-6-11(3)20-14(7-9)19-15(16(20)18)12-5-4-10(2)13(17)8-12/h4-8H,18H2,1-3H3. The summed E-state index contributed by atoms with van der Waals surface area (Å²) in [5.41, 5.74) is 11.1. The zero-order valence-corrected chi connectivity index (χ0v) is 11.7. The second-order valence-electron chi connectivity index (χ2n) is 5.18. The van der Waals surface area contributed by atoms with Gasteiger partial charge in [-0.2, -0.15) is 0 Å². The van der Waals surface area contributed by atoms with Crippen molar-refractivity contribution in [3.8, 4) is 11.3 Å². The fourth-order valence-electron chi connectivity index (χ4n) is 2.51. The Morgan fingerprint density at radius 1 is 1.10 bits per heavy atom. The van der Waals surface area contributed by atoms with Crippen molar-refractivity contribution in [1.29, 1.82) is 0 Å². The van der Waals surface area contributed by atoms with Gasteiger partial charge in [0.2, 0.25) is 0 Å². The Hall–Kier alpha value is -2.36. The molecular weight excluding hydrogens is 253 g/mol. The van der Waals surface area contributed by atoms with E-state index in [-0.39, 0.29) is 5.82 Å². The molecule has 0 amide bonds. The van der Waals surface area contributed by atoms with Crippen molar-refractivity contribution in [2.24, 2.45) is 0 Å². The average Bonchev–Trinajstić information content (AvgIpc) is 2.70. The number of anilines is 1. The van der Waals surface area contributed by atoms with E-state index < -0.39 is 0 Å². The first kappa shape index (κ1) is 12.7. The summed E-state index contributed by atoms with van der Waals surface area (Å²) in [6.07, 6.45) is 0. The van der Waals surface area contributed by atoms with Crippen LogP contribution >= 0.6 is 0 Å². The van der Waals surface area contributed by atoms with Crippen LogP contribution in [0.5, 0.6) is 0 Å². The van der Waals surface area contributed by atoms with E-state index in [9.17, 15) is 4.39 Å². The molecule has 0 saturated heterocycles. The Labute approximate surface area is 116 Å². The molecule has 1 aromatic carbocycles. The molecule has 0 aliphatic rings. The maximum atomic E-state index is 13.7. The van der Waals surface area contributed by atoms with Gasteiger partial charge < -0.3 is 5.73 Å². The van der Waals surface area contributed by atoms with Gasteiger partial charge in [-0.3, -0.25) is 4.40 Å². The van der Waals surface area contributed by atoms with Crippen LogP contribution in [0.25, 0.3) is 16.9 Å². The van der Waals surface area contributed by atoms with Crippen LogP contribution in [0.3, 0.4) is 0 Å². The molecule has 2 heterocycles. The molecule has 102 valence electrons. The van der Waals surface area contributed by atoms with E-state index in [1.165, 1.54) is 6.07 Å². The molecule has 3 nitrogen and oxygen atoms in total. The van der Waals surface area contributed by atoms with E-state index in [0.29, 0.717) is 22.6 Å². The van der Waals surface area contributed by atoms with Crippen LogP contribution in [0.1, 0.15) is 16.8 Å². The molecular formula is C16H16FN3. The lowest BCUT2D eigenvalue weighted by molar-refractivity contribution is 0.619. The van der Waals surface area contributed by atoms with Crippen molar-refractivity contribution in [2.45, 2.75) is 20.8 Å². The Balaban J connectivity index is 2.29. The first-order valence-corrected chi connectivity index (χ1v) is 6.49. The highest BCUT2D eigenvalue weighted by atomic mass is 19.1. The summed E-state index contributed by atoms with van der Waals surface area (Å²) in [4.78, 5) is 4.55. The van der Waals surface area contributed by atoms with Crippen molar-refractivity contribution < 1.29 is 4.39 Å². The summed E-state index contributed by atoms with van der Waals surface area (Å²) in [5, 5.41) is 0. The highest BCUT2D eigenvalue weighted by Gasteiger charge is 2.14. The molecule has 0 fully saturated rings. The Kier molecular flexibility index (Phi) is 2.74. The lowest BCUT2D eigenvalue weighted by Crippen LogP contribution is -1.98. The summed E-state index contributed by atoms with van der Waals surface area (Å²) in [5.74, 6) is 0.299. The molecule has 2 N–H and O–H groups in total. The minimum atomic E-state index is -0.244. The third-order valence-electron chi connectivity index (χ3n) is 3.53. The summed E-state index contributed by atoms with van der Waals surface area (Å²) >= 11 is 0. The molecule has 3 rings (SSSR count). The van der Waals surface area contributed by atoms with Gasteiger partial charge in [0, 0.05) is 11.3 Å². The predicted molar refractivity (Wildman–Crippen MR) is 79.2 cm³/mol. The highest BCUT2D eigenvalue weighted by molar-refractivity contribution is 5.75. The van der Waals surface area contributed by atoms with E-state index in [0.717, 1.165) is 16.9 Å². The molecule has 2 aromatic heterocycles. The number of hydrogen-bond donors (Lipinski definition) is 1. The minimum Gasteiger partial charge on any atom is -0.383 e. The zero-order chi connectivity index (χ0) is 14.4. The van der Waals surface area contributed by atoms with Gasteiger partial charge in [0.05, 0.1) is 0 Å². The van der Waals surface area contributed by atoms with Crippen molar-refractivity contribution in [1.82, 2.24) is 9.38 Å². The molecule has 0 saturated carbocycles. The third-order valence-corrected chi connectivity index (χ3v) is 3.53. The first-order chi connectivity index (χ1) is 9.47. The smallest absolute Gasteiger partial charge is 0.139 e. The van der Waals surface area contributed by atoms with Crippen molar-refractivity contribution in [3.63, 3.8) is 0 Å². The number of pyridine rings is 1. The van der Waals surface area contributed by atoms with Gasteiger partial charge in [-0.05, 0) is 50.1 Å². The molecule has 0 radical (unpaired) electrons. The Bertz CT molecular complexity index is 818. The van der Waals surface area contributed by atoms with Gasteiger partial charge in [0.1, 0.15) is 23.0 Å². The topological polar surface area (TPSA) is 43.3 Å². The van der Waals surface area contributed by atoms with Gasteiger partial charge in [-0.1, -0.05) is 12.1 Å². The van der Waals surface area contributed by atoms with Crippen LogP contribution in [-0.2, 0) is 0 Å². The molecule has 20 heavy (non-hydrogen) atoms. The molecule has 0 atom stereocenters. The van der Waals surface area contributed by atoms with Crippen molar-refractivity contribution >= 4 is 11.5 Å². The monoisotopic (exact) mass is 269 g/mol. The highest BCUT2D eigenvalue weighted by Crippen LogP contribution is 2.29. The maximum Gasteiger partial charge on any atom is 0.139 e. The van der Waals surface area contributed by atoms with Crippen molar-refractivity contribution in [2.75, 3.05) is 5.73 Å². The van der Waals surface area contributed by atoms with Gasteiger partial charge in [0.25, 0.3) is 0 Å². The van der Waals surface area contributed by atoms with Crippen LogP contribution in [0.4, 0.5) is 10.2 Å². The number of nitrogens with two attached hydrogens (primary N) is 1. The SMILES string of the molecule is Cc1cc(C)n2c(N)c(-c3ccc(C)c(F)c3)nc2c1. The number of hydrogen-bond acceptors (Lipinski definition) is 2. The fourth-order valence-corrected chi connectivity index (χ4v) is 2.51. The molecule has 0 aliphatic carbocycles. The molecule has 0 spiro atoms. The number of imidazole rings is 1. The first-order valence-electron chi connectivity index (χ1n) is 6.49. The largest absolute Gasteiger partial charge is 0.383 e. The number of aryl methyl sites for hydroxylation is 3. The summed E-state index contributed by atoms with van der Waals surface area (Å²) in [6.45, 7) is 5.74. The molecule has 0 unspecified atom stereocenters. The van der Waals surface area contributed by atoms with Gasteiger partial charge in [-0.15, -0.1) is 0 Å².